The number of ether oxygens (including phenoxy) is 1. The maximum atomic E-state index is 12.4. The average Bonchev–Trinajstić information content (AvgIpc) is 2.97. The molecule has 9 heteroatoms. The van der Waals surface area contributed by atoms with Gasteiger partial charge in [0.2, 0.25) is 0 Å². The van der Waals surface area contributed by atoms with Crippen molar-refractivity contribution in [2.24, 2.45) is 0 Å². The van der Waals surface area contributed by atoms with E-state index in [0.29, 0.717) is 19.6 Å². The fraction of sp³-hybridized carbons (Fsp3) is 0.500. The number of carbonyl (C=O) groups excluding carboxylic acids is 2. The van der Waals surface area contributed by atoms with Crippen LogP contribution in [0.5, 0.6) is 0 Å². The standard InChI is InChI=1S/C12H15N3O5S/c1-2-20-12(17)9-6-13-3-4-14(9)11(16)8-5-10(15(18)19)21-7-8/h5,7,9,13H,2-4,6H2,1H3. The molecule has 1 aliphatic rings. The number of hydrogen-bond donors (Lipinski definition) is 1. The average molecular weight is 313 g/mol. The van der Waals surface area contributed by atoms with Crippen LogP contribution in [0.25, 0.3) is 0 Å². The minimum absolute atomic E-state index is 0.0961. The number of thiophene rings is 1. The van der Waals surface area contributed by atoms with Gasteiger partial charge in [0.05, 0.1) is 17.1 Å². The largest absolute Gasteiger partial charge is 0.464 e. The summed E-state index contributed by atoms with van der Waals surface area (Å²) in [6, 6.07) is 0.530. The topological polar surface area (TPSA) is 102 Å². The number of nitrogens with zero attached hydrogens (tertiary/aromatic N) is 2. The smallest absolute Gasteiger partial charge is 0.330 e. The maximum Gasteiger partial charge on any atom is 0.330 e. The number of carbonyl (C=O) groups is 2. The highest BCUT2D eigenvalue weighted by atomic mass is 32.1. The van der Waals surface area contributed by atoms with Crippen LogP contribution in [0.3, 0.4) is 0 Å². The van der Waals surface area contributed by atoms with Crippen LogP contribution < -0.4 is 5.32 Å². The van der Waals surface area contributed by atoms with Crippen molar-refractivity contribution in [3.63, 3.8) is 0 Å². The molecular weight excluding hydrogens is 298 g/mol. The molecule has 2 rings (SSSR count). The van der Waals surface area contributed by atoms with Gasteiger partial charge in [0.15, 0.2) is 0 Å². The van der Waals surface area contributed by atoms with Crippen LogP contribution >= 0.6 is 11.3 Å². The molecule has 1 amide bonds. The van der Waals surface area contributed by atoms with Crippen LogP contribution in [0.15, 0.2) is 11.4 Å². The van der Waals surface area contributed by atoms with E-state index in [1.54, 1.807) is 6.92 Å². The summed E-state index contributed by atoms with van der Waals surface area (Å²) in [4.78, 5) is 35.9. The van der Waals surface area contributed by atoms with Crippen molar-refractivity contribution < 1.29 is 19.2 Å². The van der Waals surface area contributed by atoms with Crippen LogP contribution in [0, 0.1) is 10.1 Å². The quantitative estimate of drug-likeness (QED) is 0.497. The summed E-state index contributed by atoms with van der Waals surface area (Å²) in [6.45, 7) is 3.17. The lowest BCUT2D eigenvalue weighted by atomic mass is 10.1. The van der Waals surface area contributed by atoms with Crippen molar-refractivity contribution in [2.75, 3.05) is 26.2 Å². The number of nitro groups is 1. The third-order valence-electron chi connectivity index (χ3n) is 3.08. The van der Waals surface area contributed by atoms with Crippen LogP contribution in [-0.2, 0) is 9.53 Å². The Morgan fingerprint density at radius 3 is 3.00 bits per heavy atom. The van der Waals surface area contributed by atoms with Gasteiger partial charge >= 0.3 is 11.0 Å². The SMILES string of the molecule is CCOC(=O)C1CNCCN1C(=O)c1csc([N+](=O)[O-])c1. The van der Waals surface area contributed by atoms with E-state index in [-0.39, 0.29) is 23.1 Å². The highest BCUT2D eigenvalue weighted by Gasteiger charge is 2.34. The summed E-state index contributed by atoms with van der Waals surface area (Å²) >= 11 is 0.891. The zero-order valence-corrected chi connectivity index (χ0v) is 12.2. The van der Waals surface area contributed by atoms with E-state index in [2.05, 4.69) is 5.32 Å². The van der Waals surface area contributed by atoms with Crippen molar-refractivity contribution in [3.05, 3.63) is 27.1 Å². The minimum atomic E-state index is -0.704. The summed E-state index contributed by atoms with van der Waals surface area (Å²) in [5.74, 6) is -0.860. The Balaban J connectivity index is 2.17. The molecule has 114 valence electrons. The van der Waals surface area contributed by atoms with E-state index in [1.807, 2.05) is 0 Å². The van der Waals surface area contributed by atoms with Crippen LogP contribution in [0.4, 0.5) is 5.00 Å². The summed E-state index contributed by atoms with van der Waals surface area (Å²) in [7, 11) is 0. The predicted octanol–water partition coefficient (Wildman–Crippen LogP) is 0.633. The van der Waals surface area contributed by atoms with Crippen molar-refractivity contribution in [3.8, 4) is 0 Å². The fourth-order valence-electron chi connectivity index (χ4n) is 2.10. The molecule has 2 heterocycles. The Labute approximate surface area is 124 Å². The Kier molecular flexibility index (Phi) is 4.86. The summed E-state index contributed by atoms with van der Waals surface area (Å²) in [5.41, 5.74) is 0.225. The second-order valence-electron chi connectivity index (χ2n) is 4.40. The first-order valence-electron chi connectivity index (χ1n) is 6.45. The molecule has 1 atom stereocenters. The first kappa shape index (κ1) is 15.4. The minimum Gasteiger partial charge on any atom is -0.464 e. The molecule has 1 unspecified atom stereocenters. The van der Waals surface area contributed by atoms with E-state index < -0.39 is 16.9 Å². The van der Waals surface area contributed by atoms with Gasteiger partial charge in [0.25, 0.3) is 5.91 Å². The normalized spacial score (nSPS) is 18.3. The summed E-state index contributed by atoms with van der Waals surface area (Å²) in [5, 5.41) is 15.1. The number of nitrogens with one attached hydrogen (secondary N) is 1. The maximum absolute atomic E-state index is 12.4. The van der Waals surface area contributed by atoms with E-state index in [0.717, 1.165) is 11.3 Å². The molecule has 0 bridgehead atoms. The third kappa shape index (κ3) is 3.37. The molecule has 0 saturated carbocycles. The molecule has 21 heavy (non-hydrogen) atoms. The second kappa shape index (κ2) is 6.64. The predicted molar refractivity (Wildman–Crippen MR) is 75.3 cm³/mol. The molecule has 1 aliphatic heterocycles. The van der Waals surface area contributed by atoms with Crippen LogP contribution in [0.2, 0.25) is 0 Å². The Morgan fingerprint density at radius 2 is 2.38 bits per heavy atom. The molecule has 0 aromatic carbocycles. The first-order chi connectivity index (χ1) is 10.0. The monoisotopic (exact) mass is 313 g/mol. The van der Waals surface area contributed by atoms with E-state index >= 15 is 0 Å². The molecular formula is C12H15N3O5S. The third-order valence-corrected chi connectivity index (χ3v) is 3.96. The molecule has 1 fully saturated rings. The lowest BCUT2D eigenvalue weighted by molar-refractivity contribution is -0.380. The first-order valence-corrected chi connectivity index (χ1v) is 7.33. The Hall–Kier alpha value is -2.00. The molecule has 0 spiro atoms. The van der Waals surface area contributed by atoms with E-state index in [9.17, 15) is 19.7 Å². The van der Waals surface area contributed by atoms with Gasteiger partial charge in [-0.3, -0.25) is 14.9 Å². The van der Waals surface area contributed by atoms with Gasteiger partial charge < -0.3 is 15.0 Å². The van der Waals surface area contributed by atoms with Crippen molar-refractivity contribution in [1.82, 2.24) is 10.2 Å². The number of piperazine rings is 1. The zero-order chi connectivity index (χ0) is 15.4. The van der Waals surface area contributed by atoms with Crippen LogP contribution in [0.1, 0.15) is 17.3 Å². The zero-order valence-electron chi connectivity index (χ0n) is 11.4. The van der Waals surface area contributed by atoms with Crippen molar-refractivity contribution in [2.45, 2.75) is 13.0 Å². The molecule has 8 nitrogen and oxygen atoms in total. The lowest BCUT2D eigenvalue weighted by Gasteiger charge is -2.34. The number of hydrogen-bond acceptors (Lipinski definition) is 7. The number of esters is 1. The van der Waals surface area contributed by atoms with Gasteiger partial charge in [-0.2, -0.15) is 0 Å². The van der Waals surface area contributed by atoms with Gasteiger partial charge in [-0.15, -0.1) is 0 Å². The molecule has 0 aliphatic carbocycles. The van der Waals surface area contributed by atoms with Gasteiger partial charge in [0.1, 0.15) is 6.04 Å². The second-order valence-corrected chi connectivity index (χ2v) is 5.29. The number of amides is 1. The lowest BCUT2D eigenvalue weighted by Crippen LogP contribution is -2.57. The molecule has 1 N–H and O–H groups in total. The molecule has 1 aromatic heterocycles. The van der Waals surface area contributed by atoms with Gasteiger partial charge in [-0.05, 0) is 6.92 Å². The highest BCUT2D eigenvalue weighted by molar-refractivity contribution is 7.13. The van der Waals surface area contributed by atoms with Gasteiger partial charge in [-0.1, -0.05) is 11.3 Å². The Bertz CT molecular complexity index is 559. The van der Waals surface area contributed by atoms with E-state index in [4.69, 9.17) is 4.74 Å². The fourth-order valence-corrected chi connectivity index (χ4v) is 2.79. The van der Waals surface area contributed by atoms with Gasteiger partial charge in [0, 0.05) is 31.1 Å². The van der Waals surface area contributed by atoms with Gasteiger partial charge in [-0.25, -0.2) is 4.79 Å². The van der Waals surface area contributed by atoms with Crippen molar-refractivity contribution >= 4 is 28.2 Å². The summed E-state index contributed by atoms with van der Waals surface area (Å²) in [6.07, 6.45) is 0. The van der Waals surface area contributed by atoms with E-state index in [1.165, 1.54) is 16.3 Å². The molecule has 1 aromatic rings. The van der Waals surface area contributed by atoms with Crippen molar-refractivity contribution in [1.29, 1.82) is 0 Å². The van der Waals surface area contributed by atoms with Crippen LogP contribution in [-0.4, -0.2) is 54.0 Å². The molecule has 1 saturated heterocycles. The molecule has 0 radical (unpaired) electrons. The highest BCUT2D eigenvalue weighted by Crippen LogP contribution is 2.24. The Morgan fingerprint density at radius 1 is 1.62 bits per heavy atom. The number of rotatable bonds is 4. The summed E-state index contributed by atoms with van der Waals surface area (Å²) < 4.78 is 4.96.